The van der Waals surface area contributed by atoms with Crippen LogP contribution in [0.4, 0.5) is 5.69 Å². The van der Waals surface area contributed by atoms with Crippen LogP contribution in [0.15, 0.2) is 67.0 Å². The number of nitriles is 1. The summed E-state index contributed by atoms with van der Waals surface area (Å²) in [5.74, 6) is 0. The third kappa shape index (κ3) is 3.10. The van der Waals surface area contributed by atoms with E-state index in [4.69, 9.17) is 5.26 Å². The molecule has 0 bridgehead atoms. The van der Waals surface area contributed by atoms with Crippen molar-refractivity contribution in [2.24, 2.45) is 0 Å². The lowest BCUT2D eigenvalue weighted by atomic mass is 10.2. The molecule has 0 aliphatic carbocycles. The first-order chi connectivity index (χ1) is 10.3. The molecule has 0 fully saturated rings. The van der Waals surface area contributed by atoms with Crippen LogP contribution < -0.4 is 5.32 Å². The molecule has 1 aromatic heterocycles. The molecule has 1 N–H and O–H groups in total. The van der Waals surface area contributed by atoms with E-state index in [1.165, 1.54) is 5.56 Å². The summed E-state index contributed by atoms with van der Waals surface area (Å²) < 4.78 is 1.83. The van der Waals surface area contributed by atoms with Crippen LogP contribution in [0.25, 0.3) is 5.69 Å². The number of benzene rings is 2. The van der Waals surface area contributed by atoms with E-state index in [2.05, 4.69) is 28.6 Å². The molecule has 2 aromatic carbocycles. The molecule has 102 valence electrons. The highest BCUT2D eigenvalue weighted by molar-refractivity contribution is 5.47. The fourth-order valence-electron chi connectivity index (χ4n) is 2.05. The molecule has 3 aromatic rings. The molecule has 4 nitrogen and oxygen atoms in total. The molecule has 0 saturated carbocycles. The molecular weight excluding hydrogens is 260 g/mol. The summed E-state index contributed by atoms with van der Waals surface area (Å²) in [6, 6.07) is 19.7. The van der Waals surface area contributed by atoms with Crippen molar-refractivity contribution in [1.29, 1.82) is 5.26 Å². The summed E-state index contributed by atoms with van der Waals surface area (Å²) in [5.41, 5.74) is 3.91. The molecule has 0 saturated heterocycles. The molecule has 0 aliphatic heterocycles. The largest absolute Gasteiger partial charge is 0.381 e. The molecule has 4 heteroatoms. The van der Waals surface area contributed by atoms with Crippen molar-refractivity contribution >= 4 is 5.69 Å². The second kappa shape index (κ2) is 5.93. The standard InChI is InChI=1S/C17H14N4/c18-12-14-2-6-16(7-3-14)19-13-15-4-8-17(9-5-15)21-11-1-10-20-21/h1-11,19H,13H2. The third-order valence-electron chi connectivity index (χ3n) is 3.22. The highest BCUT2D eigenvalue weighted by Crippen LogP contribution is 2.12. The Morgan fingerprint density at radius 1 is 1.05 bits per heavy atom. The van der Waals surface area contributed by atoms with E-state index < -0.39 is 0 Å². The van der Waals surface area contributed by atoms with Crippen molar-refractivity contribution in [3.05, 3.63) is 78.1 Å². The Morgan fingerprint density at radius 3 is 2.43 bits per heavy atom. The predicted molar refractivity (Wildman–Crippen MR) is 82.0 cm³/mol. The quantitative estimate of drug-likeness (QED) is 0.793. The molecule has 0 radical (unpaired) electrons. The van der Waals surface area contributed by atoms with Crippen LogP contribution in [0.3, 0.4) is 0 Å². The maximum Gasteiger partial charge on any atom is 0.0991 e. The van der Waals surface area contributed by atoms with Crippen molar-refractivity contribution in [3.63, 3.8) is 0 Å². The maximum absolute atomic E-state index is 8.76. The Bertz CT molecular complexity index is 735. The second-order valence-corrected chi connectivity index (χ2v) is 4.66. The van der Waals surface area contributed by atoms with Crippen LogP contribution in [0.5, 0.6) is 0 Å². The van der Waals surface area contributed by atoms with Crippen molar-refractivity contribution < 1.29 is 0 Å². The number of hydrogen-bond donors (Lipinski definition) is 1. The molecule has 0 atom stereocenters. The van der Waals surface area contributed by atoms with Crippen molar-refractivity contribution in [3.8, 4) is 11.8 Å². The number of hydrogen-bond acceptors (Lipinski definition) is 3. The van der Waals surface area contributed by atoms with Gasteiger partial charge in [-0.15, -0.1) is 0 Å². The van der Waals surface area contributed by atoms with Crippen LogP contribution >= 0.6 is 0 Å². The summed E-state index contributed by atoms with van der Waals surface area (Å²) in [7, 11) is 0. The Labute approximate surface area is 123 Å². The lowest BCUT2D eigenvalue weighted by molar-refractivity contribution is 0.879. The lowest BCUT2D eigenvalue weighted by Crippen LogP contribution is -2.00. The van der Waals surface area contributed by atoms with Gasteiger partial charge in [0.1, 0.15) is 0 Å². The van der Waals surface area contributed by atoms with Gasteiger partial charge < -0.3 is 5.32 Å². The van der Waals surface area contributed by atoms with E-state index in [-0.39, 0.29) is 0 Å². The fourth-order valence-corrected chi connectivity index (χ4v) is 2.05. The van der Waals surface area contributed by atoms with Crippen LogP contribution in [0.1, 0.15) is 11.1 Å². The smallest absolute Gasteiger partial charge is 0.0991 e. The summed E-state index contributed by atoms with van der Waals surface area (Å²) in [6.45, 7) is 0.741. The van der Waals surface area contributed by atoms with Crippen molar-refractivity contribution in [1.82, 2.24) is 9.78 Å². The minimum absolute atomic E-state index is 0.670. The summed E-state index contributed by atoms with van der Waals surface area (Å²) in [6.07, 6.45) is 3.68. The zero-order valence-electron chi connectivity index (χ0n) is 11.4. The molecule has 0 amide bonds. The highest BCUT2D eigenvalue weighted by Gasteiger charge is 1.98. The van der Waals surface area contributed by atoms with Gasteiger partial charge in [0.05, 0.1) is 17.3 Å². The predicted octanol–water partition coefficient (Wildman–Crippen LogP) is 3.36. The molecule has 0 spiro atoms. The van der Waals surface area contributed by atoms with Gasteiger partial charge in [-0.25, -0.2) is 4.68 Å². The van der Waals surface area contributed by atoms with E-state index in [1.54, 1.807) is 6.20 Å². The van der Waals surface area contributed by atoms with Gasteiger partial charge in [0.25, 0.3) is 0 Å². The van der Waals surface area contributed by atoms with E-state index in [9.17, 15) is 0 Å². The Morgan fingerprint density at radius 2 is 1.81 bits per heavy atom. The fraction of sp³-hybridized carbons (Fsp3) is 0.0588. The van der Waals surface area contributed by atoms with Crippen LogP contribution in [0, 0.1) is 11.3 Å². The van der Waals surface area contributed by atoms with Gasteiger partial charge in [-0.3, -0.25) is 0 Å². The molecular formula is C17H14N4. The molecule has 0 aliphatic rings. The van der Waals surface area contributed by atoms with Gasteiger partial charge in [0, 0.05) is 24.6 Å². The Balaban J connectivity index is 1.64. The SMILES string of the molecule is N#Cc1ccc(NCc2ccc(-n3cccn3)cc2)cc1. The van der Waals surface area contributed by atoms with E-state index in [1.807, 2.05) is 53.3 Å². The van der Waals surface area contributed by atoms with Gasteiger partial charge in [0.15, 0.2) is 0 Å². The number of rotatable bonds is 4. The minimum Gasteiger partial charge on any atom is -0.381 e. The zero-order valence-corrected chi connectivity index (χ0v) is 11.4. The third-order valence-corrected chi connectivity index (χ3v) is 3.22. The number of nitrogens with one attached hydrogen (secondary N) is 1. The Hall–Kier alpha value is -3.06. The Kier molecular flexibility index (Phi) is 3.66. The lowest BCUT2D eigenvalue weighted by Gasteiger charge is -2.07. The number of aromatic nitrogens is 2. The van der Waals surface area contributed by atoms with Gasteiger partial charge in [0.2, 0.25) is 0 Å². The first-order valence-corrected chi connectivity index (χ1v) is 6.68. The number of anilines is 1. The van der Waals surface area contributed by atoms with Gasteiger partial charge in [-0.1, -0.05) is 12.1 Å². The first kappa shape index (κ1) is 12.9. The molecule has 3 rings (SSSR count). The summed E-state index contributed by atoms with van der Waals surface area (Å²) >= 11 is 0. The number of nitrogens with zero attached hydrogens (tertiary/aromatic N) is 3. The monoisotopic (exact) mass is 274 g/mol. The zero-order chi connectivity index (χ0) is 14.5. The first-order valence-electron chi connectivity index (χ1n) is 6.68. The van der Waals surface area contributed by atoms with Crippen molar-refractivity contribution in [2.75, 3.05) is 5.32 Å². The average molecular weight is 274 g/mol. The van der Waals surface area contributed by atoms with Gasteiger partial charge in [-0.2, -0.15) is 10.4 Å². The normalized spacial score (nSPS) is 10.0. The van der Waals surface area contributed by atoms with E-state index in [0.717, 1.165) is 17.9 Å². The molecule has 1 heterocycles. The van der Waals surface area contributed by atoms with Gasteiger partial charge in [-0.05, 0) is 48.0 Å². The van der Waals surface area contributed by atoms with Crippen LogP contribution in [0.2, 0.25) is 0 Å². The average Bonchev–Trinajstić information content (AvgIpc) is 3.08. The summed E-state index contributed by atoms with van der Waals surface area (Å²) in [4.78, 5) is 0. The van der Waals surface area contributed by atoms with Crippen LogP contribution in [-0.4, -0.2) is 9.78 Å². The maximum atomic E-state index is 8.76. The second-order valence-electron chi connectivity index (χ2n) is 4.66. The van der Waals surface area contributed by atoms with E-state index in [0.29, 0.717) is 5.56 Å². The van der Waals surface area contributed by atoms with Gasteiger partial charge >= 0.3 is 0 Å². The summed E-state index contributed by atoms with van der Waals surface area (Å²) in [5, 5.41) is 16.3. The highest BCUT2D eigenvalue weighted by atomic mass is 15.3. The molecule has 21 heavy (non-hydrogen) atoms. The minimum atomic E-state index is 0.670. The van der Waals surface area contributed by atoms with Crippen molar-refractivity contribution in [2.45, 2.75) is 6.54 Å². The molecule has 0 unspecified atom stereocenters. The topological polar surface area (TPSA) is 53.6 Å². The van der Waals surface area contributed by atoms with Crippen LogP contribution in [-0.2, 0) is 6.54 Å². The van der Waals surface area contributed by atoms with E-state index >= 15 is 0 Å².